The molecule has 1 fully saturated rings. The number of aromatic nitrogens is 4. The third-order valence-electron chi connectivity index (χ3n) is 5.05. The minimum Gasteiger partial charge on any atom is -0.423 e. The van der Waals surface area contributed by atoms with Gasteiger partial charge in [-0.05, 0) is 31.4 Å². The topological polar surface area (TPSA) is 60.0 Å². The van der Waals surface area contributed by atoms with E-state index in [0.717, 1.165) is 56.0 Å². The van der Waals surface area contributed by atoms with Gasteiger partial charge in [0.25, 0.3) is 6.01 Å². The number of anilines is 1. The van der Waals surface area contributed by atoms with E-state index in [0.29, 0.717) is 5.92 Å². The molecule has 6 nitrogen and oxygen atoms in total. The molecule has 0 spiro atoms. The first-order chi connectivity index (χ1) is 11.4. The zero-order chi connectivity index (χ0) is 15.2. The summed E-state index contributed by atoms with van der Waals surface area (Å²) in [6.45, 7) is 3.00. The van der Waals surface area contributed by atoms with Crippen molar-refractivity contribution >= 4 is 17.1 Å². The molecule has 0 bridgehead atoms. The van der Waals surface area contributed by atoms with E-state index < -0.39 is 0 Å². The Bertz CT molecular complexity index is 811. The van der Waals surface area contributed by atoms with Crippen LogP contribution in [0.4, 0.5) is 6.01 Å². The SMILES string of the molecule is c1ccc2oc(N3CCC(c4nnc5n4CCC5)CC3)nc2c1. The summed E-state index contributed by atoms with van der Waals surface area (Å²) in [6.07, 6.45) is 4.45. The van der Waals surface area contributed by atoms with Gasteiger partial charge in [-0.15, -0.1) is 10.2 Å². The third-order valence-corrected chi connectivity index (χ3v) is 5.05. The van der Waals surface area contributed by atoms with E-state index in [1.54, 1.807) is 0 Å². The Kier molecular flexibility index (Phi) is 2.89. The first kappa shape index (κ1) is 13.1. The summed E-state index contributed by atoms with van der Waals surface area (Å²) in [6, 6.07) is 8.69. The largest absolute Gasteiger partial charge is 0.423 e. The molecule has 5 rings (SSSR count). The van der Waals surface area contributed by atoms with Crippen LogP contribution in [-0.2, 0) is 13.0 Å². The van der Waals surface area contributed by atoms with E-state index in [4.69, 9.17) is 4.42 Å². The summed E-state index contributed by atoms with van der Waals surface area (Å²) < 4.78 is 8.22. The van der Waals surface area contributed by atoms with Crippen LogP contribution in [0, 0.1) is 0 Å². The van der Waals surface area contributed by atoms with Crippen molar-refractivity contribution in [3.05, 3.63) is 35.9 Å². The summed E-state index contributed by atoms with van der Waals surface area (Å²) in [5.41, 5.74) is 1.79. The molecule has 23 heavy (non-hydrogen) atoms. The molecule has 1 saturated heterocycles. The molecule has 0 unspecified atom stereocenters. The van der Waals surface area contributed by atoms with E-state index in [1.165, 1.54) is 18.1 Å². The summed E-state index contributed by atoms with van der Waals surface area (Å²) in [4.78, 5) is 6.86. The van der Waals surface area contributed by atoms with Crippen LogP contribution < -0.4 is 4.90 Å². The maximum absolute atomic E-state index is 5.89. The molecule has 1 aromatic carbocycles. The van der Waals surface area contributed by atoms with Crippen molar-refractivity contribution in [3.8, 4) is 0 Å². The van der Waals surface area contributed by atoms with Gasteiger partial charge < -0.3 is 13.9 Å². The van der Waals surface area contributed by atoms with Crippen LogP contribution in [0.15, 0.2) is 28.7 Å². The van der Waals surface area contributed by atoms with E-state index in [-0.39, 0.29) is 0 Å². The fourth-order valence-electron chi connectivity index (χ4n) is 3.80. The number of hydrogen-bond acceptors (Lipinski definition) is 5. The van der Waals surface area contributed by atoms with E-state index >= 15 is 0 Å². The molecule has 0 aliphatic carbocycles. The van der Waals surface area contributed by atoms with Gasteiger partial charge in [0.2, 0.25) is 0 Å². The average Bonchev–Trinajstić information content (AvgIpc) is 3.29. The molecule has 2 aliphatic heterocycles. The fraction of sp³-hybridized carbons (Fsp3) is 0.471. The van der Waals surface area contributed by atoms with Crippen molar-refractivity contribution in [2.45, 2.75) is 38.1 Å². The van der Waals surface area contributed by atoms with Crippen LogP contribution in [0.5, 0.6) is 0 Å². The van der Waals surface area contributed by atoms with Crippen LogP contribution in [0.1, 0.15) is 36.8 Å². The number of nitrogens with zero attached hydrogens (tertiary/aromatic N) is 5. The van der Waals surface area contributed by atoms with Crippen molar-refractivity contribution in [2.24, 2.45) is 0 Å². The second-order valence-corrected chi connectivity index (χ2v) is 6.46. The molecule has 3 aromatic rings. The van der Waals surface area contributed by atoms with Gasteiger partial charge in [-0.2, -0.15) is 4.98 Å². The minimum atomic E-state index is 0.509. The van der Waals surface area contributed by atoms with Gasteiger partial charge in [0, 0.05) is 32.0 Å². The monoisotopic (exact) mass is 309 g/mol. The lowest BCUT2D eigenvalue weighted by atomic mass is 9.96. The molecule has 0 N–H and O–H groups in total. The normalized spacial score (nSPS) is 18.7. The highest BCUT2D eigenvalue weighted by molar-refractivity contribution is 5.74. The first-order valence-corrected chi connectivity index (χ1v) is 8.41. The van der Waals surface area contributed by atoms with Crippen molar-refractivity contribution in [1.82, 2.24) is 19.7 Å². The summed E-state index contributed by atoms with van der Waals surface area (Å²) in [5.74, 6) is 2.87. The zero-order valence-corrected chi connectivity index (χ0v) is 13.0. The Morgan fingerprint density at radius 3 is 2.78 bits per heavy atom. The fourth-order valence-corrected chi connectivity index (χ4v) is 3.80. The van der Waals surface area contributed by atoms with Crippen molar-refractivity contribution in [1.29, 1.82) is 0 Å². The lowest BCUT2D eigenvalue weighted by Crippen LogP contribution is -2.33. The first-order valence-electron chi connectivity index (χ1n) is 8.41. The second kappa shape index (κ2) is 5.08. The van der Waals surface area contributed by atoms with E-state index in [9.17, 15) is 0 Å². The second-order valence-electron chi connectivity index (χ2n) is 6.46. The molecule has 6 heteroatoms. The standard InChI is InChI=1S/C17H19N5O/c1-2-5-14-13(4-1)18-17(23-14)21-10-7-12(8-11-21)16-20-19-15-6-3-9-22(15)16/h1-2,4-5,12H,3,6-11H2. The summed E-state index contributed by atoms with van der Waals surface area (Å²) >= 11 is 0. The molecule has 0 radical (unpaired) electrons. The average molecular weight is 309 g/mol. The van der Waals surface area contributed by atoms with Gasteiger partial charge in [0.15, 0.2) is 5.58 Å². The van der Waals surface area contributed by atoms with Gasteiger partial charge >= 0.3 is 0 Å². The number of piperidine rings is 1. The van der Waals surface area contributed by atoms with Crippen LogP contribution >= 0.6 is 0 Å². The highest BCUT2D eigenvalue weighted by Gasteiger charge is 2.29. The predicted octanol–water partition coefficient (Wildman–Crippen LogP) is 2.75. The van der Waals surface area contributed by atoms with Gasteiger partial charge in [-0.25, -0.2) is 0 Å². The molecule has 0 atom stereocenters. The number of para-hydroxylation sites is 2. The van der Waals surface area contributed by atoms with Crippen molar-refractivity contribution in [2.75, 3.05) is 18.0 Å². The molecule has 4 heterocycles. The summed E-state index contributed by atoms with van der Waals surface area (Å²) in [5, 5.41) is 8.80. The number of aryl methyl sites for hydroxylation is 1. The Morgan fingerprint density at radius 2 is 1.91 bits per heavy atom. The van der Waals surface area contributed by atoms with Crippen LogP contribution in [0.25, 0.3) is 11.1 Å². The third kappa shape index (κ3) is 2.12. The maximum atomic E-state index is 5.89. The molecular formula is C17H19N5O. The number of rotatable bonds is 2. The number of benzene rings is 1. The number of hydrogen-bond donors (Lipinski definition) is 0. The highest BCUT2D eigenvalue weighted by atomic mass is 16.4. The Labute approximate surface area is 134 Å². The molecule has 0 amide bonds. The maximum Gasteiger partial charge on any atom is 0.298 e. The minimum absolute atomic E-state index is 0.509. The van der Waals surface area contributed by atoms with Crippen molar-refractivity contribution < 1.29 is 4.42 Å². The van der Waals surface area contributed by atoms with E-state index in [2.05, 4.69) is 24.6 Å². The smallest absolute Gasteiger partial charge is 0.298 e. The molecule has 2 aliphatic rings. The highest BCUT2D eigenvalue weighted by Crippen LogP contribution is 2.32. The number of oxazole rings is 1. The zero-order valence-electron chi connectivity index (χ0n) is 13.0. The molecule has 118 valence electrons. The molecule has 2 aromatic heterocycles. The lowest BCUT2D eigenvalue weighted by Gasteiger charge is -2.30. The quantitative estimate of drug-likeness (QED) is 0.728. The molecular weight excluding hydrogens is 290 g/mol. The van der Waals surface area contributed by atoms with Crippen molar-refractivity contribution in [3.63, 3.8) is 0 Å². The summed E-state index contributed by atoms with van der Waals surface area (Å²) in [7, 11) is 0. The lowest BCUT2D eigenvalue weighted by molar-refractivity contribution is 0.443. The van der Waals surface area contributed by atoms with Crippen LogP contribution in [0.2, 0.25) is 0 Å². The van der Waals surface area contributed by atoms with Gasteiger partial charge in [-0.1, -0.05) is 12.1 Å². The predicted molar refractivity (Wildman–Crippen MR) is 86.5 cm³/mol. The Morgan fingerprint density at radius 1 is 1.04 bits per heavy atom. The molecule has 0 saturated carbocycles. The van der Waals surface area contributed by atoms with Gasteiger partial charge in [-0.3, -0.25) is 0 Å². The Hall–Kier alpha value is -2.37. The van der Waals surface area contributed by atoms with Gasteiger partial charge in [0.1, 0.15) is 17.2 Å². The Balaban J connectivity index is 1.34. The van der Waals surface area contributed by atoms with Crippen LogP contribution in [0.3, 0.4) is 0 Å². The number of fused-ring (bicyclic) bond motifs is 2. The van der Waals surface area contributed by atoms with E-state index in [1.807, 2.05) is 24.3 Å². The van der Waals surface area contributed by atoms with Crippen LogP contribution in [-0.4, -0.2) is 32.8 Å². The van der Waals surface area contributed by atoms with Gasteiger partial charge in [0.05, 0.1) is 0 Å².